The topological polar surface area (TPSA) is 85.2 Å². The molecule has 1 aliphatic rings. The van der Waals surface area contributed by atoms with Crippen molar-refractivity contribution in [2.75, 3.05) is 5.73 Å². The zero-order valence-corrected chi connectivity index (χ0v) is 12.6. The van der Waals surface area contributed by atoms with Gasteiger partial charge in [-0.2, -0.15) is 16.7 Å². The number of aromatic nitrogens is 2. The Morgan fingerprint density at radius 3 is 2.86 bits per heavy atom. The lowest BCUT2D eigenvalue weighted by molar-refractivity contribution is 0.425. The molecule has 0 aliphatic heterocycles. The Balaban J connectivity index is 1.63. The molecule has 0 atom stereocenters. The van der Waals surface area contributed by atoms with Crippen LogP contribution >= 0.6 is 11.8 Å². The highest BCUT2D eigenvalue weighted by Gasteiger charge is 2.16. The van der Waals surface area contributed by atoms with Gasteiger partial charge in [0.05, 0.1) is 11.4 Å². The van der Waals surface area contributed by atoms with Crippen LogP contribution in [-0.2, 0) is 5.75 Å². The summed E-state index contributed by atoms with van der Waals surface area (Å²) in [5.41, 5.74) is 6.71. The van der Waals surface area contributed by atoms with Crippen molar-refractivity contribution < 1.29 is 9.63 Å². The molecular weight excluding hydrogens is 286 g/mol. The molecule has 1 aromatic heterocycles. The highest BCUT2D eigenvalue weighted by Crippen LogP contribution is 2.31. The van der Waals surface area contributed by atoms with Gasteiger partial charge in [0.1, 0.15) is 5.75 Å². The number of hydrogen-bond acceptors (Lipinski definition) is 6. The summed E-state index contributed by atoms with van der Waals surface area (Å²) in [6, 6.07) is 4.89. The second-order valence-electron chi connectivity index (χ2n) is 5.36. The molecular formula is C15H19N3O2S. The van der Waals surface area contributed by atoms with Crippen LogP contribution in [0.2, 0.25) is 0 Å². The van der Waals surface area contributed by atoms with E-state index in [-0.39, 0.29) is 5.75 Å². The monoisotopic (exact) mass is 305 g/mol. The third-order valence-electron chi connectivity index (χ3n) is 3.74. The number of phenolic OH excluding ortho intramolecular Hbond substituents is 1. The molecule has 0 bridgehead atoms. The van der Waals surface area contributed by atoms with Gasteiger partial charge < -0.3 is 15.4 Å². The van der Waals surface area contributed by atoms with Gasteiger partial charge in [0, 0.05) is 10.8 Å². The third kappa shape index (κ3) is 3.50. The zero-order chi connectivity index (χ0) is 14.7. The van der Waals surface area contributed by atoms with E-state index < -0.39 is 0 Å². The molecule has 21 heavy (non-hydrogen) atoms. The first-order chi connectivity index (χ1) is 10.2. The molecule has 0 radical (unpaired) electrons. The Hall–Kier alpha value is -1.69. The molecule has 0 amide bonds. The van der Waals surface area contributed by atoms with Crippen molar-refractivity contribution in [2.45, 2.75) is 43.1 Å². The molecule has 1 aliphatic carbocycles. The molecule has 112 valence electrons. The van der Waals surface area contributed by atoms with Crippen molar-refractivity contribution in [1.29, 1.82) is 0 Å². The van der Waals surface area contributed by atoms with Gasteiger partial charge in [-0.1, -0.05) is 24.4 Å². The Morgan fingerprint density at radius 2 is 2.10 bits per heavy atom. The molecule has 0 unspecified atom stereocenters. The average molecular weight is 305 g/mol. The van der Waals surface area contributed by atoms with Crippen molar-refractivity contribution >= 4 is 17.4 Å². The second-order valence-corrected chi connectivity index (χ2v) is 6.65. The molecule has 1 fully saturated rings. The summed E-state index contributed by atoms with van der Waals surface area (Å²) in [6.45, 7) is 0. The minimum Gasteiger partial charge on any atom is -0.506 e. The molecule has 5 nitrogen and oxygen atoms in total. The van der Waals surface area contributed by atoms with Crippen LogP contribution in [0.4, 0.5) is 5.69 Å². The number of nitrogens with two attached hydrogens (primary N) is 1. The van der Waals surface area contributed by atoms with Crippen molar-refractivity contribution in [3.8, 4) is 17.2 Å². The fraction of sp³-hybridized carbons (Fsp3) is 0.467. The minimum atomic E-state index is 0.0614. The Morgan fingerprint density at radius 1 is 1.29 bits per heavy atom. The normalized spacial score (nSPS) is 16.2. The third-order valence-corrected chi connectivity index (χ3v) is 5.11. The summed E-state index contributed by atoms with van der Waals surface area (Å²) in [5.74, 6) is 2.00. The second kappa shape index (κ2) is 6.39. The maximum Gasteiger partial charge on any atom is 0.258 e. The first-order valence-electron chi connectivity index (χ1n) is 7.25. The molecule has 3 N–H and O–H groups in total. The van der Waals surface area contributed by atoms with Crippen LogP contribution in [-0.4, -0.2) is 20.5 Å². The molecule has 1 aromatic carbocycles. The molecule has 2 aromatic rings. The largest absolute Gasteiger partial charge is 0.506 e. The summed E-state index contributed by atoms with van der Waals surface area (Å²) in [4.78, 5) is 4.40. The first kappa shape index (κ1) is 14.3. The number of rotatable bonds is 4. The molecule has 6 heteroatoms. The minimum absolute atomic E-state index is 0.0614. The average Bonchev–Trinajstić information content (AvgIpc) is 2.98. The van der Waals surface area contributed by atoms with Crippen molar-refractivity contribution in [2.24, 2.45) is 0 Å². The van der Waals surface area contributed by atoms with Gasteiger partial charge in [0.2, 0.25) is 0 Å². The predicted octanol–water partition coefficient (Wildman–Crippen LogP) is 3.59. The van der Waals surface area contributed by atoms with Gasteiger partial charge in [0.25, 0.3) is 5.89 Å². The number of nitrogens with zero attached hydrogens (tertiary/aromatic N) is 2. The van der Waals surface area contributed by atoms with Crippen LogP contribution < -0.4 is 5.73 Å². The van der Waals surface area contributed by atoms with Crippen LogP contribution in [0, 0.1) is 0 Å². The zero-order valence-electron chi connectivity index (χ0n) is 11.8. The van der Waals surface area contributed by atoms with E-state index in [0.29, 0.717) is 17.4 Å². The smallest absolute Gasteiger partial charge is 0.258 e. The Labute approximate surface area is 127 Å². The Kier molecular flexibility index (Phi) is 4.34. The maximum absolute atomic E-state index is 9.43. The fourth-order valence-corrected chi connectivity index (χ4v) is 3.71. The number of anilines is 1. The van der Waals surface area contributed by atoms with Gasteiger partial charge in [0.15, 0.2) is 5.82 Å². The van der Waals surface area contributed by atoms with E-state index in [9.17, 15) is 5.11 Å². The van der Waals surface area contributed by atoms with Crippen molar-refractivity contribution in [3.63, 3.8) is 0 Å². The number of thioether (sulfide) groups is 1. The SMILES string of the molecule is Nc1cc(-c2nc(CSC3CCCCC3)no2)ccc1O. The number of aromatic hydroxyl groups is 1. The van der Waals surface area contributed by atoms with E-state index in [4.69, 9.17) is 10.3 Å². The molecule has 0 saturated heterocycles. The van der Waals surface area contributed by atoms with Crippen LogP contribution in [0.5, 0.6) is 5.75 Å². The van der Waals surface area contributed by atoms with E-state index in [1.54, 1.807) is 12.1 Å². The first-order valence-corrected chi connectivity index (χ1v) is 8.30. The molecule has 3 rings (SSSR count). The van der Waals surface area contributed by atoms with E-state index in [1.165, 1.54) is 38.2 Å². The number of phenols is 1. The van der Waals surface area contributed by atoms with Crippen LogP contribution in [0.3, 0.4) is 0 Å². The lowest BCUT2D eigenvalue weighted by atomic mass is 10.0. The highest BCUT2D eigenvalue weighted by atomic mass is 32.2. The number of nitrogen functional groups attached to an aromatic ring is 1. The lowest BCUT2D eigenvalue weighted by Crippen LogP contribution is -2.08. The van der Waals surface area contributed by atoms with Gasteiger partial charge in [-0.05, 0) is 31.0 Å². The quantitative estimate of drug-likeness (QED) is 0.663. The van der Waals surface area contributed by atoms with E-state index >= 15 is 0 Å². The summed E-state index contributed by atoms with van der Waals surface area (Å²) in [7, 11) is 0. The van der Waals surface area contributed by atoms with Crippen LogP contribution in [0.1, 0.15) is 37.9 Å². The van der Waals surface area contributed by atoms with Crippen LogP contribution in [0.25, 0.3) is 11.5 Å². The predicted molar refractivity (Wildman–Crippen MR) is 84.0 cm³/mol. The van der Waals surface area contributed by atoms with Crippen molar-refractivity contribution in [1.82, 2.24) is 10.1 Å². The van der Waals surface area contributed by atoms with Gasteiger partial charge in [-0.3, -0.25) is 0 Å². The summed E-state index contributed by atoms with van der Waals surface area (Å²) in [6.07, 6.45) is 6.63. The molecule has 1 saturated carbocycles. The summed E-state index contributed by atoms with van der Waals surface area (Å²) >= 11 is 1.91. The summed E-state index contributed by atoms with van der Waals surface area (Å²) < 4.78 is 5.27. The van der Waals surface area contributed by atoms with Crippen molar-refractivity contribution in [3.05, 3.63) is 24.0 Å². The van der Waals surface area contributed by atoms with Gasteiger partial charge >= 0.3 is 0 Å². The van der Waals surface area contributed by atoms with Gasteiger partial charge in [-0.25, -0.2) is 0 Å². The van der Waals surface area contributed by atoms with E-state index in [0.717, 1.165) is 16.6 Å². The molecule has 1 heterocycles. The summed E-state index contributed by atoms with van der Waals surface area (Å²) in [5, 5.41) is 14.2. The fourth-order valence-electron chi connectivity index (χ4n) is 2.54. The number of benzene rings is 1. The van der Waals surface area contributed by atoms with Gasteiger partial charge in [-0.15, -0.1) is 0 Å². The van der Waals surface area contributed by atoms with E-state index in [2.05, 4.69) is 10.1 Å². The van der Waals surface area contributed by atoms with E-state index in [1.807, 2.05) is 11.8 Å². The maximum atomic E-state index is 9.43. The lowest BCUT2D eigenvalue weighted by Gasteiger charge is -2.19. The number of hydrogen-bond donors (Lipinski definition) is 2. The highest BCUT2D eigenvalue weighted by molar-refractivity contribution is 7.99. The molecule has 0 spiro atoms. The standard InChI is InChI=1S/C15H19N3O2S/c16-12-8-10(6-7-13(12)19)15-17-14(18-20-15)9-21-11-4-2-1-3-5-11/h6-8,11,19H,1-5,9,16H2. The Bertz CT molecular complexity index is 609. The van der Waals surface area contributed by atoms with Crippen LogP contribution in [0.15, 0.2) is 22.7 Å².